The van der Waals surface area contributed by atoms with Crippen LogP contribution in [-0.2, 0) is 9.53 Å². The number of nitrogens with zero attached hydrogens (tertiary/aromatic N) is 1. The molecule has 1 unspecified atom stereocenters. The molecule has 1 aliphatic heterocycles. The van der Waals surface area contributed by atoms with Crippen molar-refractivity contribution < 1.29 is 9.53 Å². The highest BCUT2D eigenvalue weighted by molar-refractivity contribution is 7.99. The number of hydrogen-bond donors (Lipinski definition) is 0. The summed E-state index contributed by atoms with van der Waals surface area (Å²) in [5.74, 6) is 1.48. The first-order chi connectivity index (χ1) is 8.70. The minimum absolute atomic E-state index is 0.140. The van der Waals surface area contributed by atoms with Crippen molar-refractivity contribution in [2.75, 3.05) is 32.5 Å². The molecule has 1 aliphatic rings. The second-order valence-corrected chi connectivity index (χ2v) is 5.61. The zero-order chi connectivity index (χ0) is 13.0. The van der Waals surface area contributed by atoms with E-state index in [0.29, 0.717) is 19.1 Å². The lowest BCUT2D eigenvalue weighted by Crippen LogP contribution is -2.31. The summed E-state index contributed by atoms with van der Waals surface area (Å²) in [6.07, 6.45) is 0. The van der Waals surface area contributed by atoms with Gasteiger partial charge in [0.1, 0.15) is 0 Å². The van der Waals surface area contributed by atoms with Crippen LogP contribution in [0.25, 0.3) is 0 Å². The molecule has 0 bridgehead atoms. The Morgan fingerprint density at radius 3 is 3.06 bits per heavy atom. The maximum Gasteiger partial charge on any atom is 0.320 e. The summed E-state index contributed by atoms with van der Waals surface area (Å²) in [4.78, 5) is 14.8. The summed E-state index contributed by atoms with van der Waals surface area (Å²) in [6.45, 7) is 3.57. The van der Waals surface area contributed by atoms with Crippen LogP contribution in [0.1, 0.15) is 18.4 Å². The van der Waals surface area contributed by atoms with Gasteiger partial charge in [0.05, 0.1) is 13.2 Å². The monoisotopic (exact) mass is 265 g/mol. The van der Waals surface area contributed by atoms with Gasteiger partial charge in [0.2, 0.25) is 0 Å². The van der Waals surface area contributed by atoms with E-state index in [1.165, 1.54) is 10.5 Å². The SMILES string of the molecule is CCOC(=O)CN(C)CC1CSc2ccccc21. The fourth-order valence-electron chi connectivity index (χ4n) is 2.25. The third-order valence-corrected chi connectivity index (χ3v) is 4.29. The first-order valence-corrected chi connectivity index (χ1v) is 7.25. The summed E-state index contributed by atoms with van der Waals surface area (Å²) in [5.41, 5.74) is 1.42. The number of rotatable bonds is 5. The molecule has 0 radical (unpaired) electrons. The Kier molecular flexibility index (Phi) is 4.66. The lowest BCUT2D eigenvalue weighted by molar-refractivity contribution is -0.144. The second kappa shape index (κ2) is 6.25. The van der Waals surface area contributed by atoms with Crippen molar-refractivity contribution in [3.05, 3.63) is 29.8 Å². The van der Waals surface area contributed by atoms with Crippen LogP contribution in [0.4, 0.5) is 0 Å². The van der Waals surface area contributed by atoms with Crippen molar-refractivity contribution in [3.63, 3.8) is 0 Å². The first kappa shape index (κ1) is 13.4. The summed E-state index contributed by atoms with van der Waals surface area (Å²) < 4.78 is 4.96. The normalized spacial score (nSPS) is 17.8. The molecule has 3 nitrogen and oxygen atoms in total. The molecule has 0 fully saturated rings. The molecule has 18 heavy (non-hydrogen) atoms. The van der Waals surface area contributed by atoms with Crippen LogP contribution in [0.15, 0.2) is 29.2 Å². The number of likely N-dealkylation sites (N-methyl/N-ethyl adjacent to an activating group) is 1. The molecule has 0 aliphatic carbocycles. The second-order valence-electron chi connectivity index (χ2n) is 4.55. The molecule has 1 aromatic rings. The van der Waals surface area contributed by atoms with Crippen LogP contribution in [-0.4, -0.2) is 43.4 Å². The Labute approximate surface area is 113 Å². The Hall–Kier alpha value is -1.00. The maximum atomic E-state index is 11.4. The zero-order valence-electron chi connectivity index (χ0n) is 10.9. The number of hydrogen-bond acceptors (Lipinski definition) is 4. The van der Waals surface area contributed by atoms with Gasteiger partial charge in [0.25, 0.3) is 0 Å². The van der Waals surface area contributed by atoms with Crippen molar-refractivity contribution >= 4 is 17.7 Å². The predicted molar refractivity (Wildman–Crippen MR) is 74.0 cm³/mol. The minimum atomic E-state index is -0.140. The number of thioether (sulfide) groups is 1. The van der Waals surface area contributed by atoms with Crippen LogP contribution in [0.5, 0.6) is 0 Å². The van der Waals surface area contributed by atoms with Crippen LogP contribution in [0, 0.1) is 0 Å². The van der Waals surface area contributed by atoms with Gasteiger partial charge in [0, 0.05) is 23.1 Å². The maximum absolute atomic E-state index is 11.4. The molecule has 1 atom stereocenters. The third kappa shape index (κ3) is 3.27. The Balaban J connectivity index is 1.89. The standard InChI is InChI=1S/C14H19NO2S/c1-3-17-14(16)9-15(2)8-11-10-18-13-7-5-4-6-12(11)13/h4-7,11H,3,8-10H2,1-2H3. The molecule has 0 saturated heterocycles. The van der Waals surface area contributed by atoms with E-state index >= 15 is 0 Å². The van der Waals surface area contributed by atoms with E-state index < -0.39 is 0 Å². The summed E-state index contributed by atoms with van der Waals surface area (Å²) in [6, 6.07) is 8.53. The third-order valence-electron chi connectivity index (χ3n) is 3.04. The number of ether oxygens (including phenoxy) is 1. The minimum Gasteiger partial charge on any atom is -0.465 e. The van der Waals surface area contributed by atoms with Gasteiger partial charge in [-0.1, -0.05) is 18.2 Å². The Morgan fingerprint density at radius 2 is 2.28 bits per heavy atom. The van der Waals surface area contributed by atoms with Gasteiger partial charge in [0.15, 0.2) is 0 Å². The van der Waals surface area contributed by atoms with Gasteiger partial charge in [-0.3, -0.25) is 9.69 Å². The number of carbonyl (C=O) groups excluding carboxylic acids is 1. The van der Waals surface area contributed by atoms with Gasteiger partial charge in [-0.05, 0) is 25.6 Å². The highest BCUT2D eigenvalue weighted by atomic mass is 32.2. The zero-order valence-corrected chi connectivity index (χ0v) is 11.7. The van der Waals surface area contributed by atoms with Crippen LogP contribution >= 0.6 is 11.8 Å². The van der Waals surface area contributed by atoms with Crippen LogP contribution in [0.2, 0.25) is 0 Å². The molecular formula is C14H19NO2S. The van der Waals surface area contributed by atoms with Crippen LogP contribution < -0.4 is 0 Å². The van der Waals surface area contributed by atoms with E-state index in [0.717, 1.165) is 12.3 Å². The molecule has 0 N–H and O–H groups in total. The van der Waals surface area contributed by atoms with Crippen molar-refractivity contribution in [1.82, 2.24) is 4.90 Å². The first-order valence-electron chi connectivity index (χ1n) is 6.26. The van der Waals surface area contributed by atoms with Crippen LogP contribution in [0.3, 0.4) is 0 Å². The molecule has 1 aromatic carbocycles. The summed E-state index contributed by atoms with van der Waals surface area (Å²) >= 11 is 1.90. The molecule has 4 heteroatoms. The quantitative estimate of drug-likeness (QED) is 0.765. The van der Waals surface area contributed by atoms with E-state index in [4.69, 9.17) is 4.74 Å². The van der Waals surface area contributed by atoms with E-state index in [-0.39, 0.29) is 5.97 Å². The van der Waals surface area contributed by atoms with E-state index in [9.17, 15) is 4.79 Å². The molecular weight excluding hydrogens is 246 g/mol. The van der Waals surface area contributed by atoms with E-state index in [2.05, 4.69) is 24.3 Å². The average molecular weight is 265 g/mol. The van der Waals surface area contributed by atoms with Gasteiger partial charge >= 0.3 is 5.97 Å². The topological polar surface area (TPSA) is 29.5 Å². The van der Waals surface area contributed by atoms with Gasteiger partial charge in [-0.15, -0.1) is 11.8 Å². The Bertz CT molecular complexity index is 422. The highest BCUT2D eigenvalue weighted by Gasteiger charge is 2.24. The van der Waals surface area contributed by atoms with Crippen molar-refractivity contribution in [1.29, 1.82) is 0 Å². The largest absolute Gasteiger partial charge is 0.465 e. The van der Waals surface area contributed by atoms with Gasteiger partial charge < -0.3 is 4.74 Å². The predicted octanol–water partition coefficient (Wildman–Crippen LogP) is 2.37. The molecule has 1 heterocycles. The van der Waals surface area contributed by atoms with Gasteiger partial charge in [-0.2, -0.15) is 0 Å². The fourth-order valence-corrected chi connectivity index (χ4v) is 3.49. The van der Waals surface area contributed by atoms with Crippen molar-refractivity contribution in [2.24, 2.45) is 0 Å². The molecule has 0 spiro atoms. The van der Waals surface area contributed by atoms with E-state index in [1.807, 2.05) is 30.6 Å². The smallest absolute Gasteiger partial charge is 0.320 e. The lowest BCUT2D eigenvalue weighted by atomic mass is 10.0. The Morgan fingerprint density at radius 1 is 1.50 bits per heavy atom. The summed E-state index contributed by atoms with van der Waals surface area (Å²) in [7, 11) is 1.97. The molecule has 2 rings (SSSR count). The van der Waals surface area contributed by atoms with E-state index in [1.54, 1.807) is 0 Å². The molecule has 98 valence electrons. The summed E-state index contributed by atoms with van der Waals surface area (Å²) in [5, 5.41) is 0. The number of fused-ring (bicyclic) bond motifs is 1. The molecule has 0 amide bonds. The van der Waals surface area contributed by atoms with Gasteiger partial charge in [-0.25, -0.2) is 0 Å². The number of benzene rings is 1. The lowest BCUT2D eigenvalue weighted by Gasteiger charge is -2.20. The molecule has 0 saturated carbocycles. The highest BCUT2D eigenvalue weighted by Crippen LogP contribution is 2.39. The number of carbonyl (C=O) groups is 1. The average Bonchev–Trinajstić information content (AvgIpc) is 2.73. The molecule has 0 aromatic heterocycles. The van der Waals surface area contributed by atoms with Crippen molar-refractivity contribution in [3.8, 4) is 0 Å². The van der Waals surface area contributed by atoms with Crippen molar-refractivity contribution in [2.45, 2.75) is 17.7 Å². The fraction of sp³-hybridized carbons (Fsp3) is 0.500. The number of esters is 1.